The van der Waals surface area contributed by atoms with Gasteiger partial charge in [-0.05, 0) is 77.7 Å². The van der Waals surface area contributed by atoms with E-state index in [9.17, 15) is 4.79 Å². The van der Waals surface area contributed by atoms with Crippen molar-refractivity contribution in [3.05, 3.63) is 75.3 Å². The number of para-hydroxylation sites is 1. The second-order valence-corrected chi connectivity index (χ2v) is 10.4. The Morgan fingerprint density at radius 2 is 1.90 bits per heavy atom. The van der Waals surface area contributed by atoms with E-state index < -0.39 is 0 Å². The van der Waals surface area contributed by atoms with Crippen LogP contribution in [-0.2, 0) is 13.0 Å². The molecule has 2 aromatic heterocycles. The molecule has 2 heterocycles. The van der Waals surface area contributed by atoms with Crippen LogP contribution < -0.4 is 15.0 Å². The molecule has 0 bridgehead atoms. The third-order valence-corrected chi connectivity index (χ3v) is 7.99. The summed E-state index contributed by atoms with van der Waals surface area (Å²) in [6.07, 6.45) is 6.20. The quantitative estimate of drug-likeness (QED) is 0.286. The molecule has 9 heteroatoms. The van der Waals surface area contributed by atoms with E-state index in [0.29, 0.717) is 24.1 Å². The molecule has 0 spiro atoms. The van der Waals surface area contributed by atoms with Gasteiger partial charge >= 0.3 is 0 Å². The largest absolute Gasteiger partial charge is 0.493 e. The normalized spacial score (nSPS) is 14.8. The van der Waals surface area contributed by atoms with Crippen LogP contribution in [0.5, 0.6) is 11.5 Å². The molecule has 5 rings (SSSR count). The molecular formula is C30H38N6O3. The van der Waals surface area contributed by atoms with Gasteiger partial charge in [-0.1, -0.05) is 44.0 Å². The zero-order valence-corrected chi connectivity index (χ0v) is 23.3. The lowest BCUT2D eigenvalue weighted by Crippen LogP contribution is -2.34. The Morgan fingerprint density at radius 3 is 2.64 bits per heavy atom. The van der Waals surface area contributed by atoms with Crippen molar-refractivity contribution in [2.45, 2.75) is 71.0 Å². The molecule has 0 radical (unpaired) electrons. The molecule has 39 heavy (non-hydrogen) atoms. The van der Waals surface area contributed by atoms with Crippen LogP contribution in [0, 0.1) is 6.92 Å². The molecular weight excluding hydrogens is 492 g/mol. The van der Waals surface area contributed by atoms with Gasteiger partial charge in [-0.3, -0.25) is 9.69 Å². The van der Waals surface area contributed by atoms with Gasteiger partial charge in [0.15, 0.2) is 17.3 Å². The molecule has 2 aromatic carbocycles. The lowest BCUT2D eigenvalue weighted by atomic mass is 10.1. The van der Waals surface area contributed by atoms with Crippen molar-refractivity contribution in [2.75, 3.05) is 20.8 Å². The second kappa shape index (κ2) is 12.0. The number of H-pyrrole nitrogens is 1. The van der Waals surface area contributed by atoms with Crippen molar-refractivity contribution in [1.82, 2.24) is 30.1 Å². The molecule has 1 N–H and O–H groups in total. The number of nitrogens with one attached hydrogen (secondary N) is 1. The molecule has 9 nitrogen and oxygen atoms in total. The highest BCUT2D eigenvalue weighted by Crippen LogP contribution is 2.33. The number of ether oxygens (including phenoxy) is 2. The molecule has 1 fully saturated rings. The number of aromatic nitrogens is 5. The van der Waals surface area contributed by atoms with Crippen molar-refractivity contribution >= 4 is 10.9 Å². The lowest BCUT2D eigenvalue weighted by molar-refractivity contribution is 0.169. The van der Waals surface area contributed by atoms with Gasteiger partial charge in [-0.15, -0.1) is 5.10 Å². The van der Waals surface area contributed by atoms with E-state index >= 15 is 0 Å². The summed E-state index contributed by atoms with van der Waals surface area (Å²) in [7, 11) is 3.29. The zero-order chi connectivity index (χ0) is 27.4. The number of pyridine rings is 1. The first-order chi connectivity index (χ1) is 19.0. The molecule has 206 valence electrons. The number of aromatic amines is 1. The van der Waals surface area contributed by atoms with Crippen LogP contribution in [0.4, 0.5) is 0 Å². The first-order valence-corrected chi connectivity index (χ1v) is 13.9. The molecule has 1 saturated carbocycles. The number of aryl methyl sites for hydroxylation is 1. The van der Waals surface area contributed by atoms with Gasteiger partial charge in [0.1, 0.15) is 0 Å². The number of benzene rings is 2. The fourth-order valence-corrected chi connectivity index (χ4v) is 5.85. The smallest absolute Gasteiger partial charge is 0.252 e. The molecule has 1 aliphatic rings. The van der Waals surface area contributed by atoms with Gasteiger partial charge in [0.05, 0.1) is 31.8 Å². The number of hydrogen-bond donors (Lipinski definition) is 1. The Kier molecular flexibility index (Phi) is 8.26. The monoisotopic (exact) mass is 530 g/mol. The zero-order valence-electron chi connectivity index (χ0n) is 23.3. The minimum atomic E-state index is -0.0573. The van der Waals surface area contributed by atoms with E-state index in [1.54, 1.807) is 14.2 Å². The van der Waals surface area contributed by atoms with Gasteiger partial charge in [-0.25, -0.2) is 4.68 Å². The lowest BCUT2D eigenvalue weighted by Gasteiger charge is -2.31. The summed E-state index contributed by atoms with van der Waals surface area (Å²) >= 11 is 0. The predicted molar refractivity (Wildman–Crippen MR) is 151 cm³/mol. The van der Waals surface area contributed by atoms with E-state index in [2.05, 4.69) is 38.4 Å². The standard InChI is InChI=1S/C30H38N6O3/c1-5-25(29-32-33-34-36(29)24-11-6-7-12-24)35(16-15-21-13-14-26(38-3)27(17-21)39-4)19-23-18-22-10-8-9-20(2)28(22)31-30(23)37/h8-10,13-14,17-18,24-25H,5-7,11-12,15-16,19H2,1-4H3,(H,31,37). The number of tetrazole rings is 1. The Hall–Kier alpha value is -3.72. The maximum Gasteiger partial charge on any atom is 0.252 e. The van der Waals surface area contributed by atoms with Gasteiger partial charge in [0.25, 0.3) is 5.56 Å². The highest BCUT2D eigenvalue weighted by Gasteiger charge is 2.29. The topological polar surface area (TPSA) is 98.2 Å². The average Bonchev–Trinajstić information content (AvgIpc) is 3.65. The van der Waals surface area contributed by atoms with Gasteiger partial charge in [-0.2, -0.15) is 0 Å². The maximum absolute atomic E-state index is 13.3. The molecule has 1 atom stereocenters. The highest BCUT2D eigenvalue weighted by atomic mass is 16.5. The van der Waals surface area contributed by atoms with Crippen LogP contribution in [0.25, 0.3) is 10.9 Å². The van der Waals surface area contributed by atoms with Crippen LogP contribution in [-0.4, -0.2) is 50.9 Å². The minimum Gasteiger partial charge on any atom is -0.493 e. The molecule has 1 unspecified atom stereocenters. The van der Waals surface area contributed by atoms with Crippen LogP contribution >= 0.6 is 0 Å². The SMILES string of the molecule is CCC(c1nnnn1C1CCCC1)N(CCc1ccc(OC)c(OC)c1)Cc1cc2cccc(C)c2[nH]c1=O. The Morgan fingerprint density at radius 1 is 1.10 bits per heavy atom. The first-order valence-electron chi connectivity index (χ1n) is 13.9. The van der Waals surface area contributed by atoms with Crippen molar-refractivity contribution in [2.24, 2.45) is 0 Å². The van der Waals surface area contributed by atoms with Crippen LogP contribution in [0.1, 0.15) is 73.6 Å². The summed E-state index contributed by atoms with van der Waals surface area (Å²) in [5.41, 5.74) is 3.76. The number of rotatable bonds is 11. The number of hydrogen-bond acceptors (Lipinski definition) is 7. The van der Waals surface area contributed by atoms with E-state index in [4.69, 9.17) is 9.47 Å². The second-order valence-electron chi connectivity index (χ2n) is 10.4. The number of fused-ring (bicyclic) bond motifs is 1. The molecule has 0 saturated heterocycles. The summed E-state index contributed by atoms with van der Waals surface area (Å²) in [5.74, 6) is 2.29. The summed E-state index contributed by atoms with van der Waals surface area (Å²) in [5, 5.41) is 14.1. The fourth-order valence-electron chi connectivity index (χ4n) is 5.85. The van der Waals surface area contributed by atoms with Crippen molar-refractivity contribution in [3.8, 4) is 11.5 Å². The van der Waals surface area contributed by atoms with Gasteiger partial charge in [0, 0.05) is 18.7 Å². The molecule has 1 aliphatic carbocycles. The third-order valence-electron chi connectivity index (χ3n) is 7.99. The summed E-state index contributed by atoms with van der Waals surface area (Å²) < 4.78 is 13.0. The first kappa shape index (κ1) is 26.9. The average molecular weight is 531 g/mol. The van der Waals surface area contributed by atoms with Gasteiger partial charge < -0.3 is 14.5 Å². The Balaban J connectivity index is 1.49. The molecule has 0 aliphatic heterocycles. The summed E-state index contributed by atoms with van der Waals surface area (Å²) in [6.45, 7) is 5.39. The fraction of sp³-hybridized carbons (Fsp3) is 0.467. The van der Waals surface area contributed by atoms with Crippen LogP contribution in [0.3, 0.4) is 0 Å². The van der Waals surface area contributed by atoms with Crippen molar-refractivity contribution in [1.29, 1.82) is 0 Å². The van der Waals surface area contributed by atoms with Crippen molar-refractivity contribution in [3.63, 3.8) is 0 Å². The minimum absolute atomic E-state index is 0.0339. The Bertz CT molecular complexity index is 1470. The van der Waals surface area contributed by atoms with E-state index in [1.165, 1.54) is 12.8 Å². The van der Waals surface area contributed by atoms with Crippen molar-refractivity contribution < 1.29 is 9.47 Å². The molecule has 4 aromatic rings. The Labute approximate surface area is 229 Å². The van der Waals surface area contributed by atoms with E-state index in [1.807, 2.05) is 48.0 Å². The van der Waals surface area contributed by atoms with E-state index in [0.717, 1.165) is 65.6 Å². The maximum atomic E-state index is 13.3. The third kappa shape index (κ3) is 5.68. The summed E-state index contributed by atoms with van der Waals surface area (Å²) in [6, 6.07) is 14.4. The highest BCUT2D eigenvalue weighted by molar-refractivity contribution is 5.81. The van der Waals surface area contributed by atoms with Gasteiger partial charge in [0.2, 0.25) is 0 Å². The summed E-state index contributed by atoms with van der Waals surface area (Å²) in [4.78, 5) is 18.7. The van der Waals surface area contributed by atoms with E-state index in [-0.39, 0.29) is 11.6 Å². The predicted octanol–water partition coefficient (Wildman–Crippen LogP) is 5.15. The number of nitrogens with zero attached hydrogens (tertiary/aromatic N) is 5. The van der Waals surface area contributed by atoms with Crippen LogP contribution in [0.15, 0.2) is 47.3 Å². The van der Waals surface area contributed by atoms with Crippen LogP contribution in [0.2, 0.25) is 0 Å². The molecule has 0 amide bonds. The number of methoxy groups -OCH3 is 2.